The van der Waals surface area contributed by atoms with E-state index in [1.54, 1.807) is 12.1 Å². The lowest BCUT2D eigenvalue weighted by Crippen LogP contribution is -2.08. The molecule has 0 saturated carbocycles. The van der Waals surface area contributed by atoms with Gasteiger partial charge in [-0.05, 0) is 18.2 Å². The number of nitrogens with zero attached hydrogens (tertiary/aromatic N) is 2. The number of hydrogen-bond donors (Lipinski definition) is 0. The molecule has 2 rings (SSSR count). The normalized spacial score (nSPS) is 11.6. The Hall–Kier alpha value is -1.33. The lowest BCUT2D eigenvalue weighted by atomic mass is 10.1. The molecule has 0 radical (unpaired) electrons. The van der Waals surface area contributed by atoms with Crippen LogP contribution in [0, 0.1) is 0 Å². The molecule has 0 aliphatic carbocycles. The summed E-state index contributed by atoms with van der Waals surface area (Å²) in [6, 6.07) is 4.33. The predicted molar refractivity (Wildman–Crippen MR) is 62.5 cm³/mol. The highest BCUT2D eigenvalue weighted by atomic mass is 35.5. The van der Waals surface area contributed by atoms with Crippen LogP contribution in [-0.4, -0.2) is 9.97 Å². The third-order valence-electron chi connectivity index (χ3n) is 2.19. The Morgan fingerprint density at radius 1 is 1.06 bits per heavy atom. The van der Waals surface area contributed by atoms with E-state index in [2.05, 4.69) is 9.97 Å². The number of hydrogen-bond acceptors (Lipinski definition) is 2. The molecular weight excluding hydrogens is 288 g/mol. The summed E-state index contributed by atoms with van der Waals surface area (Å²) in [6.45, 7) is 0. The molecule has 94 valence electrons. The lowest BCUT2D eigenvalue weighted by molar-refractivity contribution is -0.137. The molecule has 0 amide bonds. The van der Waals surface area contributed by atoms with Crippen molar-refractivity contribution in [3.8, 4) is 11.3 Å². The van der Waals surface area contributed by atoms with Gasteiger partial charge in [0.15, 0.2) is 0 Å². The minimum Gasteiger partial charge on any atom is -0.265 e. The molecule has 0 fully saturated rings. The van der Waals surface area contributed by atoms with Crippen LogP contribution in [0.5, 0.6) is 0 Å². The maximum atomic E-state index is 12.6. The van der Waals surface area contributed by atoms with Gasteiger partial charge in [0.1, 0.15) is 10.7 Å². The first-order valence-electron chi connectivity index (χ1n) is 4.73. The van der Waals surface area contributed by atoms with Crippen LogP contribution >= 0.6 is 23.2 Å². The van der Waals surface area contributed by atoms with Gasteiger partial charge in [0, 0.05) is 18.0 Å². The Bertz CT molecular complexity index is 547. The van der Waals surface area contributed by atoms with Crippen LogP contribution in [0.3, 0.4) is 0 Å². The molecule has 2 nitrogen and oxygen atoms in total. The van der Waals surface area contributed by atoms with Gasteiger partial charge in [-0.25, -0.2) is 4.98 Å². The topological polar surface area (TPSA) is 25.8 Å². The van der Waals surface area contributed by atoms with E-state index in [0.29, 0.717) is 5.56 Å². The number of alkyl halides is 3. The zero-order valence-electron chi connectivity index (χ0n) is 8.67. The molecule has 0 unspecified atom stereocenters. The van der Waals surface area contributed by atoms with E-state index >= 15 is 0 Å². The molecular formula is C11H5Cl2F3N2. The van der Waals surface area contributed by atoms with Gasteiger partial charge in [0.05, 0.1) is 10.7 Å². The van der Waals surface area contributed by atoms with Crippen molar-refractivity contribution in [2.75, 3.05) is 0 Å². The summed E-state index contributed by atoms with van der Waals surface area (Å²) in [5.74, 6) is 0. The largest absolute Gasteiger partial charge is 0.420 e. The fraction of sp³-hybridized carbons (Fsp3) is 0.0909. The summed E-state index contributed by atoms with van der Waals surface area (Å²) in [6.07, 6.45) is -1.63. The van der Waals surface area contributed by atoms with E-state index in [1.807, 2.05) is 0 Å². The van der Waals surface area contributed by atoms with E-state index in [0.717, 1.165) is 6.07 Å². The van der Waals surface area contributed by atoms with Crippen LogP contribution < -0.4 is 0 Å². The van der Waals surface area contributed by atoms with Gasteiger partial charge in [-0.1, -0.05) is 23.2 Å². The second-order valence-electron chi connectivity index (χ2n) is 3.39. The van der Waals surface area contributed by atoms with Gasteiger partial charge < -0.3 is 0 Å². The van der Waals surface area contributed by atoms with Crippen LogP contribution in [-0.2, 0) is 6.18 Å². The monoisotopic (exact) mass is 292 g/mol. The van der Waals surface area contributed by atoms with Crippen molar-refractivity contribution in [1.29, 1.82) is 0 Å². The van der Waals surface area contributed by atoms with Crippen molar-refractivity contribution in [2.45, 2.75) is 6.18 Å². The summed E-state index contributed by atoms with van der Waals surface area (Å²) in [7, 11) is 0. The SMILES string of the molecule is FC(F)(F)c1c(Cl)cc(-c2ccncc2)nc1Cl. The van der Waals surface area contributed by atoms with E-state index in [4.69, 9.17) is 23.2 Å². The maximum Gasteiger partial charge on any atom is 0.420 e. The first kappa shape index (κ1) is 13.1. The zero-order chi connectivity index (χ0) is 13.3. The predicted octanol–water partition coefficient (Wildman–Crippen LogP) is 4.47. The second kappa shape index (κ2) is 4.74. The fourth-order valence-electron chi connectivity index (χ4n) is 1.41. The molecule has 7 heteroatoms. The van der Waals surface area contributed by atoms with E-state index in [-0.39, 0.29) is 5.69 Å². The molecule has 2 aromatic heterocycles. The molecule has 0 aliphatic rings. The van der Waals surface area contributed by atoms with Gasteiger partial charge >= 0.3 is 6.18 Å². The minimum absolute atomic E-state index is 0.264. The molecule has 0 saturated heterocycles. The molecule has 0 N–H and O–H groups in total. The highest BCUT2D eigenvalue weighted by Crippen LogP contribution is 2.40. The number of aromatic nitrogens is 2. The summed E-state index contributed by atoms with van der Waals surface area (Å²) in [4.78, 5) is 7.50. The molecule has 0 bridgehead atoms. The Labute approximate surface area is 110 Å². The van der Waals surface area contributed by atoms with Gasteiger partial charge in [0.2, 0.25) is 0 Å². The average molecular weight is 293 g/mol. The second-order valence-corrected chi connectivity index (χ2v) is 4.15. The van der Waals surface area contributed by atoms with Gasteiger partial charge in [0.25, 0.3) is 0 Å². The minimum atomic E-state index is -4.63. The number of halogens is 5. The van der Waals surface area contributed by atoms with Gasteiger partial charge in [-0.2, -0.15) is 13.2 Å². The summed E-state index contributed by atoms with van der Waals surface area (Å²) in [5.41, 5.74) is -0.272. The summed E-state index contributed by atoms with van der Waals surface area (Å²) in [5, 5.41) is -1.14. The van der Waals surface area contributed by atoms with Gasteiger partial charge in [-0.3, -0.25) is 4.98 Å². The average Bonchev–Trinajstić information content (AvgIpc) is 2.27. The van der Waals surface area contributed by atoms with Gasteiger partial charge in [-0.15, -0.1) is 0 Å². The third-order valence-corrected chi connectivity index (χ3v) is 2.76. The van der Waals surface area contributed by atoms with Crippen LogP contribution in [0.4, 0.5) is 13.2 Å². The Morgan fingerprint density at radius 3 is 2.17 bits per heavy atom. The van der Waals surface area contributed by atoms with Crippen LogP contribution in [0.25, 0.3) is 11.3 Å². The van der Waals surface area contributed by atoms with E-state index < -0.39 is 21.9 Å². The number of rotatable bonds is 1. The standard InChI is InChI=1S/C11H5Cl2F3N2/c12-7-5-8(6-1-3-17-4-2-6)18-10(13)9(7)11(14,15)16/h1-5H. The van der Waals surface area contributed by atoms with Crippen molar-refractivity contribution >= 4 is 23.2 Å². The first-order valence-corrected chi connectivity index (χ1v) is 5.49. The van der Waals surface area contributed by atoms with Crippen LogP contribution in [0.2, 0.25) is 10.2 Å². The summed E-state index contributed by atoms with van der Waals surface area (Å²) >= 11 is 11.1. The smallest absolute Gasteiger partial charge is 0.265 e. The molecule has 2 heterocycles. The molecule has 0 spiro atoms. The van der Waals surface area contributed by atoms with Crippen LogP contribution in [0.1, 0.15) is 5.56 Å². The fourth-order valence-corrected chi connectivity index (χ4v) is 2.06. The van der Waals surface area contributed by atoms with E-state index in [1.165, 1.54) is 12.4 Å². The third kappa shape index (κ3) is 2.57. The van der Waals surface area contributed by atoms with Crippen molar-refractivity contribution in [3.05, 3.63) is 46.3 Å². The highest BCUT2D eigenvalue weighted by Gasteiger charge is 2.37. The molecule has 0 aliphatic heterocycles. The van der Waals surface area contributed by atoms with Crippen molar-refractivity contribution in [2.24, 2.45) is 0 Å². The zero-order valence-corrected chi connectivity index (χ0v) is 10.2. The van der Waals surface area contributed by atoms with Crippen molar-refractivity contribution in [1.82, 2.24) is 9.97 Å². The number of pyridine rings is 2. The molecule has 18 heavy (non-hydrogen) atoms. The lowest BCUT2D eigenvalue weighted by Gasteiger charge is -2.11. The highest BCUT2D eigenvalue weighted by molar-refractivity contribution is 6.35. The first-order chi connectivity index (χ1) is 8.39. The Balaban J connectivity index is 2.57. The van der Waals surface area contributed by atoms with E-state index in [9.17, 15) is 13.2 Å². The van der Waals surface area contributed by atoms with Crippen LogP contribution in [0.15, 0.2) is 30.6 Å². The maximum absolute atomic E-state index is 12.6. The quantitative estimate of drug-likeness (QED) is 0.725. The Morgan fingerprint density at radius 2 is 1.67 bits per heavy atom. The van der Waals surface area contributed by atoms with Crippen molar-refractivity contribution < 1.29 is 13.2 Å². The van der Waals surface area contributed by atoms with Crippen molar-refractivity contribution in [3.63, 3.8) is 0 Å². The Kier molecular flexibility index (Phi) is 3.45. The summed E-state index contributed by atoms with van der Waals surface area (Å²) < 4.78 is 37.9. The molecule has 0 aromatic carbocycles. The molecule has 0 atom stereocenters. The molecule has 2 aromatic rings.